The molecule has 82 valence electrons. The fourth-order valence-corrected chi connectivity index (χ4v) is 1.23. The second-order valence-electron chi connectivity index (χ2n) is 3.40. The molecule has 1 aromatic carbocycles. The largest absolute Gasteiger partial charge is 0.399 e. The molecule has 3 N–H and O–H groups in total. The monoisotopic (exact) mass is 217 g/mol. The van der Waals surface area contributed by atoms with Gasteiger partial charge in [-0.1, -0.05) is 5.16 Å². The Hall–Kier alpha value is -2.30. The molecule has 0 spiro atoms. The second kappa shape index (κ2) is 4.06. The van der Waals surface area contributed by atoms with Gasteiger partial charge in [0.1, 0.15) is 5.76 Å². The molecule has 0 unspecified atom stereocenters. The van der Waals surface area contributed by atoms with Crippen molar-refractivity contribution >= 4 is 17.3 Å². The number of nitrogens with zero attached hydrogens (tertiary/aromatic N) is 1. The summed E-state index contributed by atoms with van der Waals surface area (Å²) in [5, 5.41) is 6.30. The second-order valence-corrected chi connectivity index (χ2v) is 3.40. The lowest BCUT2D eigenvalue weighted by atomic mass is 10.2. The van der Waals surface area contributed by atoms with E-state index < -0.39 is 0 Å². The van der Waals surface area contributed by atoms with Crippen LogP contribution in [0.3, 0.4) is 0 Å². The minimum Gasteiger partial charge on any atom is -0.399 e. The smallest absolute Gasteiger partial charge is 0.277 e. The molecule has 16 heavy (non-hydrogen) atoms. The number of carbonyl (C=O) groups excluding carboxylic acids is 1. The molecule has 1 heterocycles. The van der Waals surface area contributed by atoms with Gasteiger partial charge in [0.15, 0.2) is 5.69 Å². The number of nitrogens with two attached hydrogens (primary N) is 1. The van der Waals surface area contributed by atoms with Gasteiger partial charge in [-0.25, -0.2) is 0 Å². The Morgan fingerprint density at radius 3 is 2.62 bits per heavy atom. The van der Waals surface area contributed by atoms with Crippen molar-refractivity contribution in [2.75, 3.05) is 11.1 Å². The van der Waals surface area contributed by atoms with Crippen molar-refractivity contribution in [2.24, 2.45) is 0 Å². The first-order valence-electron chi connectivity index (χ1n) is 4.75. The van der Waals surface area contributed by atoms with Crippen LogP contribution in [-0.2, 0) is 0 Å². The minimum absolute atomic E-state index is 0.259. The number of aryl methyl sites for hydroxylation is 1. The summed E-state index contributed by atoms with van der Waals surface area (Å²) in [7, 11) is 0. The number of anilines is 2. The fraction of sp³-hybridized carbons (Fsp3) is 0.0909. The summed E-state index contributed by atoms with van der Waals surface area (Å²) in [5.41, 5.74) is 7.11. The van der Waals surface area contributed by atoms with E-state index in [1.54, 1.807) is 37.3 Å². The molecule has 2 rings (SSSR count). The third kappa shape index (κ3) is 2.20. The number of hydrogen-bond acceptors (Lipinski definition) is 4. The number of hydrogen-bond donors (Lipinski definition) is 2. The lowest BCUT2D eigenvalue weighted by Gasteiger charge is -2.02. The van der Waals surface area contributed by atoms with Gasteiger partial charge in [-0.05, 0) is 31.2 Å². The molecule has 0 radical (unpaired) electrons. The van der Waals surface area contributed by atoms with Gasteiger partial charge in [0.25, 0.3) is 5.91 Å². The van der Waals surface area contributed by atoms with Crippen LogP contribution >= 0.6 is 0 Å². The van der Waals surface area contributed by atoms with Crippen LogP contribution in [0, 0.1) is 6.92 Å². The zero-order chi connectivity index (χ0) is 11.5. The number of aromatic nitrogens is 1. The fourth-order valence-electron chi connectivity index (χ4n) is 1.23. The molecule has 0 aliphatic rings. The van der Waals surface area contributed by atoms with E-state index in [9.17, 15) is 4.79 Å². The van der Waals surface area contributed by atoms with Crippen LogP contribution < -0.4 is 11.1 Å². The maximum Gasteiger partial charge on any atom is 0.277 e. The van der Waals surface area contributed by atoms with Crippen molar-refractivity contribution in [2.45, 2.75) is 6.92 Å². The average molecular weight is 217 g/mol. The number of nitrogens with one attached hydrogen (secondary N) is 1. The number of carbonyl (C=O) groups is 1. The van der Waals surface area contributed by atoms with E-state index in [0.29, 0.717) is 17.1 Å². The summed E-state index contributed by atoms with van der Waals surface area (Å²) < 4.78 is 4.81. The van der Waals surface area contributed by atoms with Crippen LogP contribution in [-0.4, -0.2) is 11.1 Å². The van der Waals surface area contributed by atoms with E-state index in [4.69, 9.17) is 10.3 Å². The predicted octanol–water partition coefficient (Wildman–Crippen LogP) is 1.82. The molecule has 0 aliphatic heterocycles. The highest BCUT2D eigenvalue weighted by atomic mass is 16.5. The van der Waals surface area contributed by atoms with Crippen molar-refractivity contribution < 1.29 is 9.32 Å². The van der Waals surface area contributed by atoms with Crippen LogP contribution in [0.15, 0.2) is 34.9 Å². The molecule has 5 nitrogen and oxygen atoms in total. The van der Waals surface area contributed by atoms with Gasteiger partial charge in [0, 0.05) is 17.4 Å². The first-order chi connectivity index (χ1) is 7.65. The summed E-state index contributed by atoms with van der Waals surface area (Å²) in [5.74, 6) is 0.295. The molecule has 1 amide bonds. The van der Waals surface area contributed by atoms with Gasteiger partial charge >= 0.3 is 0 Å². The SMILES string of the molecule is Cc1cc(C(=O)Nc2ccc(N)cc2)no1. The van der Waals surface area contributed by atoms with E-state index in [1.807, 2.05) is 0 Å². The Morgan fingerprint density at radius 1 is 1.38 bits per heavy atom. The van der Waals surface area contributed by atoms with Crippen LogP contribution in [0.2, 0.25) is 0 Å². The maximum atomic E-state index is 11.6. The Labute approximate surface area is 92.2 Å². The first kappa shape index (κ1) is 10.2. The number of amides is 1. The molecule has 0 fully saturated rings. The number of nitrogen functional groups attached to an aromatic ring is 1. The Bertz CT molecular complexity index is 502. The molecule has 2 aromatic rings. The van der Waals surface area contributed by atoms with Gasteiger partial charge in [0.2, 0.25) is 0 Å². The summed E-state index contributed by atoms with van der Waals surface area (Å²) >= 11 is 0. The zero-order valence-electron chi connectivity index (χ0n) is 8.73. The zero-order valence-corrected chi connectivity index (χ0v) is 8.73. The van der Waals surface area contributed by atoms with E-state index in [2.05, 4.69) is 10.5 Å². The van der Waals surface area contributed by atoms with Gasteiger partial charge < -0.3 is 15.6 Å². The van der Waals surface area contributed by atoms with Crippen LogP contribution in [0.5, 0.6) is 0 Å². The molecular formula is C11H11N3O2. The van der Waals surface area contributed by atoms with Crippen molar-refractivity contribution in [1.29, 1.82) is 0 Å². The molecule has 0 saturated carbocycles. The first-order valence-corrected chi connectivity index (χ1v) is 4.75. The topological polar surface area (TPSA) is 81.2 Å². The van der Waals surface area contributed by atoms with Gasteiger partial charge in [-0.3, -0.25) is 4.79 Å². The molecule has 0 bridgehead atoms. The van der Waals surface area contributed by atoms with Crippen LogP contribution in [0.1, 0.15) is 16.2 Å². The summed E-state index contributed by atoms with van der Waals surface area (Å²) in [6.45, 7) is 1.73. The third-order valence-electron chi connectivity index (χ3n) is 2.03. The quantitative estimate of drug-likeness (QED) is 0.752. The van der Waals surface area contributed by atoms with E-state index in [1.165, 1.54) is 0 Å². The summed E-state index contributed by atoms with van der Waals surface area (Å²) in [4.78, 5) is 11.6. The minimum atomic E-state index is -0.304. The lowest BCUT2D eigenvalue weighted by Crippen LogP contribution is -2.12. The summed E-state index contributed by atoms with van der Waals surface area (Å²) in [6, 6.07) is 8.44. The van der Waals surface area contributed by atoms with Gasteiger partial charge in [-0.15, -0.1) is 0 Å². The summed E-state index contributed by atoms with van der Waals surface area (Å²) in [6.07, 6.45) is 0. The molecule has 5 heteroatoms. The van der Waals surface area contributed by atoms with Crippen molar-refractivity contribution in [3.63, 3.8) is 0 Å². The highest BCUT2D eigenvalue weighted by molar-refractivity contribution is 6.02. The van der Waals surface area contributed by atoms with Crippen molar-refractivity contribution in [3.8, 4) is 0 Å². The van der Waals surface area contributed by atoms with E-state index in [-0.39, 0.29) is 11.6 Å². The predicted molar refractivity (Wildman–Crippen MR) is 60.0 cm³/mol. The Morgan fingerprint density at radius 2 is 2.06 bits per heavy atom. The van der Waals surface area contributed by atoms with Crippen LogP contribution in [0.4, 0.5) is 11.4 Å². The molecule has 0 saturated heterocycles. The highest BCUT2D eigenvalue weighted by Gasteiger charge is 2.10. The van der Waals surface area contributed by atoms with Gasteiger partial charge in [-0.2, -0.15) is 0 Å². The average Bonchev–Trinajstić information content (AvgIpc) is 2.68. The molecule has 0 aliphatic carbocycles. The maximum absolute atomic E-state index is 11.6. The normalized spacial score (nSPS) is 10.1. The molecule has 1 aromatic heterocycles. The van der Waals surface area contributed by atoms with E-state index >= 15 is 0 Å². The molecular weight excluding hydrogens is 206 g/mol. The standard InChI is InChI=1S/C11H11N3O2/c1-7-6-10(14-16-7)11(15)13-9-4-2-8(12)3-5-9/h2-6H,12H2,1H3,(H,13,15). The highest BCUT2D eigenvalue weighted by Crippen LogP contribution is 2.12. The third-order valence-corrected chi connectivity index (χ3v) is 2.03. The number of rotatable bonds is 2. The molecule has 0 atom stereocenters. The van der Waals surface area contributed by atoms with Crippen LogP contribution in [0.25, 0.3) is 0 Å². The number of benzene rings is 1. The lowest BCUT2D eigenvalue weighted by molar-refractivity contribution is 0.101. The van der Waals surface area contributed by atoms with Gasteiger partial charge in [0.05, 0.1) is 0 Å². The van der Waals surface area contributed by atoms with Crippen molar-refractivity contribution in [1.82, 2.24) is 5.16 Å². The van der Waals surface area contributed by atoms with Crippen molar-refractivity contribution in [3.05, 3.63) is 41.8 Å². The Balaban J connectivity index is 2.10. The Kier molecular flexibility index (Phi) is 2.59. The van der Waals surface area contributed by atoms with E-state index in [0.717, 1.165) is 0 Å².